The molecule has 1 aromatic carbocycles. The Morgan fingerprint density at radius 2 is 1.75 bits per heavy atom. The van der Waals surface area contributed by atoms with E-state index in [9.17, 15) is 9.59 Å². The SMILES string of the molecule is Cc1ccc(C)c(NC(=O)CN(C)CC(=O)N(C)C)c1. The molecule has 5 nitrogen and oxygen atoms in total. The maximum atomic E-state index is 12.0. The van der Waals surface area contributed by atoms with E-state index in [1.54, 1.807) is 26.0 Å². The minimum absolute atomic E-state index is 0.0213. The number of amides is 2. The van der Waals surface area contributed by atoms with Gasteiger partial charge >= 0.3 is 0 Å². The van der Waals surface area contributed by atoms with Crippen LogP contribution in [-0.2, 0) is 9.59 Å². The summed E-state index contributed by atoms with van der Waals surface area (Å²) in [6, 6.07) is 5.93. The van der Waals surface area contributed by atoms with Crippen molar-refractivity contribution in [3.05, 3.63) is 29.3 Å². The highest BCUT2D eigenvalue weighted by Crippen LogP contribution is 2.16. The van der Waals surface area contributed by atoms with Crippen molar-refractivity contribution in [3.8, 4) is 0 Å². The summed E-state index contributed by atoms with van der Waals surface area (Å²) >= 11 is 0. The molecule has 20 heavy (non-hydrogen) atoms. The summed E-state index contributed by atoms with van der Waals surface area (Å²) in [5.41, 5.74) is 2.94. The maximum absolute atomic E-state index is 12.0. The highest BCUT2D eigenvalue weighted by molar-refractivity contribution is 5.93. The predicted octanol–water partition coefficient (Wildman–Crippen LogP) is 1.26. The van der Waals surface area contributed by atoms with Crippen molar-refractivity contribution < 1.29 is 9.59 Å². The van der Waals surface area contributed by atoms with Gasteiger partial charge in [0.1, 0.15) is 0 Å². The highest BCUT2D eigenvalue weighted by atomic mass is 16.2. The Morgan fingerprint density at radius 1 is 1.10 bits per heavy atom. The summed E-state index contributed by atoms with van der Waals surface area (Å²) in [7, 11) is 5.16. The second kappa shape index (κ2) is 7.05. The molecule has 0 saturated carbocycles. The summed E-state index contributed by atoms with van der Waals surface area (Å²) in [6.07, 6.45) is 0. The molecule has 0 aromatic heterocycles. The Hall–Kier alpha value is -1.88. The highest BCUT2D eigenvalue weighted by Gasteiger charge is 2.12. The van der Waals surface area contributed by atoms with Gasteiger partial charge in [-0.3, -0.25) is 14.5 Å². The average Bonchev–Trinajstić information content (AvgIpc) is 2.33. The fourth-order valence-electron chi connectivity index (χ4n) is 1.73. The van der Waals surface area contributed by atoms with E-state index in [0.29, 0.717) is 0 Å². The number of hydrogen-bond donors (Lipinski definition) is 1. The molecule has 0 bridgehead atoms. The molecule has 2 amide bonds. The molecule has 110 valence electrons. The fraction of sp³-hybridized carbons (Fsp3) is 0.467. The number of nitrogens with zero attached hydrogens (tertiary/aromatic N) is 2. The third-order valence-electron chi connectivity index (χ3n) is 2.98. The molecular weight excluding hydrogens is 254 g/mol. The zero-order chi connectivity index (χ0) is 15.3. The summed E-state index contributed by atoms with van der Waals surface area (Å²) < 4.78 is 0. The molecule has 1 N–H and O–H groups in total. The van der Waals surface area contributed by atoms with E-state index in [0.717, 1.165) is 16.8 Å². The molecule has 0 atom stereocenters. The summed E-state index contributed by atoms with van der Waals surface area (Å²) in [4.78, 5) is 26.7. The van der Waals surface area contributed by atoms with Crippen molar-refractivity contribution in [3.63, 3.8) is 0 Å². The van der Waals surface area contributed by atoms with Gasteiger partial charge in [-0.2, -0.15) is 0 Å². The lowest BCUT2D eigenvalue weighted by Crippen LogP contribution is -2.38. The van der Waals surface area contributed by atoms with Crippen LogP contribution in [0.2, 0.25) is 0 Å². The normalized spacial score (nSPS) is 10.5. The molecule has 0 radical (unpaired) electrons. The van der Waals surface area contributed by atoms with Gasteiger partial charge in [-0.1, -0.05) is 12.1 Å². The van der Waals surface area contributed by atoms with E-state index in [1.165, 1.54) is 4.90 Å². The molecule has 1 aromatic rings. The molecular formula is C15H23N3O2. The third kappa shape index (κ3) is 5.01. The average molecular weight is 277 g/mol. The van der Waals surface area contributed by atoms with Gasteiger partial charge in [-0.25, -0.2) is 0 Å². The van der Waals surface area contributed by atoms with Crippen molar-refractivity contribution in [2.45, 2.75) is 13.8 Å². The van der Waals surface area contributed by atoms with Crippen LogP contribution in [0.15, 0.2) is 18.2 Å². The minimum Gasteiger partial charge on any atom is -0.348 e. The lowest BCUT2D eigenvalue weighted by atomic mass is 10.1. The van der Waals surface area contributed by atoms with Crippen LogP contribution in [0.1, 0.15) is 11.1 Å². The number of nitrogens with one attached hydrogen (secondary N) is 1. The summed E-state index contributed by atoms with van der Waals surface area (Å²) in [6.45, 7) is 4.35. The topological polar surface area (TPSA) is 52.7 Å². The van der Waals surface area contributed by atoms with Crippen molar-refractivity contribution in [1.82, 2.24) is 9.80 Å². The van der Waals surface area contributed by atoms with Gasteiger partial charge in [-0.05, 0) is 38.1 Å². The first-order chi connectivity index (χ1) is 9.29. The maximum Gasteiger partial charge on any atom is 0.238 e. The molecule has 0 heterocycles. The number of carbonyl (C=O) groups excluding carboxylic acids is 2. The van der Waals surface area contributed by atoms with E-state index < -0.39 is 0 Å². The fourth-order valence-corrected chi connectivity index (χ4v) is 1.73. The van der Waals surface area contributed by atoms with Crippen LogP contribution in [0.25, 0.3) is 0 Å². The van der Waals surface area contributed by atoms with Gasteiger partial charge < -0.3 is 10.2 Å². The van der Waals surface area contributed by atoms with Crippen LogP contribution in [0.3, 0.4) is 0 Å². The van der Waals surface area contributed by atoms with Gasteiger partial charge in [-0.15, -0.1) is 0 Å². The van der Waals surface area contributed by atoms with Crippen LogP contribution in [-0.4, -0.2) is 55.8 Å². The molecule has 5 heteroatoms. The van der Waals surface area contributed by atoms with E-state index >= 15 is 0 Å². The van der Waals surface area contributed by atoms with Crippen LogP contribution >= 0.6 is 0 Å². The van der Waals surface area contributed by atoms with Crippen LogP contribution in [0, 0.1) is 13.8 Å². The molecule has 0 aliphatic rings. The molecule has 0 aliphatic heterocycles. The molecule has 0 spiro atoms. The zero-order valence-corrected chi connectivity index (χ0v) is 12.9. The van der Waals surface area contributed by atoms with Gasteiger partial charge in [0.15, 0.2) is 0 Å². The molecule has 0 aliphatic carbocycles. The van der Waals surface area contributed by atoms with Crippen LogP contribution in [0.4, 0.5) is 5.69 Å². The summed E-state index contributed by atoms with van der Waals surface area (Å²) in [5, 5.41) is 2.88. The first-order valence-electron chi connectivity index (χ1n) is 6.55. The van der Waals surface area contributed by atoms with Crippen molar-refractivity contribution >= 4 is 17.5 Å². The number of likely N-dealkylation sites (N-methyl/N-ethyl adjacent to an activating group) is 2. The predicted molar refractivity (Wildman–Crippen MR) is 80.7 cm³/mol. The third-order valence-corrected chi connectivity index (χ3v) is 2.98. The van der Waals surface area contributed by atoms with Crippen molar-refractivity contribution in [2.24, 2.45) is 0 Å². The van der Waals surface area contributed by atoms with Gasteiger partial charge in [0.25, 0.3) is 0 Å². The Kier molecular flexibility index (Phi) is 5.70. The van der Waals surface area contributed by atoms with E-state index in [2.05, 4.69) is 5.32 Å². The zero-order valence-electron chi connectivity index (χ0n) is 12.9. The molecule has 1 rings (SSSR count). The van der Waals surface area contributed by atoms with Crippen LogP contribution in [0.5, 0.6) is 0 Å². The number of benzene rings is 1. The number of rotatable bonds is 5. The quantitative estimate of drug-likeness (QED) is 0.881. The number of carbonyl (C=O) groups is 2. The number of aryl methyl sites for hydroxylation is 2. The number of anilines is 1. The van der Waals surface area contributed by atoms with Crippen molar-refractivity contribution in [1.29, 1.82) is 0 Å². The van der Waals surface area contributed by atoms with Gasteiger partial charge in [0, 0.05) is 19.8 Å². The van der Waals surface area contributed by atoms with E-state index in [1.807, 2.05) is 32.0 Å². The Labute approximate surface area is 120 Å². The van der Waals surface area contributed by atoms with E-state index in [4.69, 9.17) is 0 Å². The first-order valence-corrected chi connectivity index (χ1v) is 6.55. The van der Waals surface area contributed by atoms with E-state index in [-0.39, 0.29) is 24.9 Å². The monoisotopic (exact) mass is 277 g/mol. The molecule has 0 saturated heterocycles. The smallest absolute Gasteiger partial charge is 0.238 e. The first kappa shape index (κ1) is 16.2. The molecule has 0 unspecified atom stereocenters. The number of hydrogen-bond acceptors (Lipinski definition) is 3. The Balaban J connectivity index is 2.55. The second-order valence-electron chi connectivity index (χ2n) is 5.33. The van der Waals surface area contributed by atoms with Gasteiger partial charge in [0.05, 0.1) is 13.1 Å². The van der Waals surface area contributed by atoms with Crippen LogP contribution < -0.4 is 5.32 Å². The largest absolute Gasteiger partial charge is 0.348 e. The lowest BCUT2D eigenvalue weighted by molar-refractivity contribution is -0.130. The molecule has 0 fully saturated rings. The van der Waals surface area contributed by atoms with Gasteiger partial charge in [0.2, 0.25) is 11.8 Å². The Morgan fingerprint density at radius 3 is 2.35 bits per heavy atom. The lowest BCUT2D eigenvalue weighted by Gasteiger charge is -2.18. The standard InChI is InChI=1S/C15H23N3O2/c1-11-6-7-12(2)13(8-11)16-14(19)9-18(5)10-15(20)17(3)4/h6-8H,9-10H2,1-5H3,(H,16,19). The Bertz CT molecular complexity index is 498. The second-order valence-corrected chi connectivity index (χ2v) is 5.33. The summed E-state index contributed by atoms with van der Waals surface area (Å²) in [5.74, 6) is -0.139. The minimum atomic E-state index is -0.118. The van der Waals surface area contributed by atoms with Crippen molar-refractivity contribution in [2.75, 3.05) is 39.5 Å².